The van der Waals surface area contributed by atoms with Gasteiger partial charge in [-0.15, -0.1) is 0 Å². The Kier molecular flexibility index (Phi) is 10.7. The van der Waals surface area contributed by atoms with Gasteiger partial charge >= 0.3 is 11.9 Å². The standard InChI is InChI=1S/C16H28N4O7/c1-4-8(2)13(17)15(25)18-7-11(21)20-10(5-6-12(22)23)14(24)19-9(3)16(26)27/h8-10,13H,4-7,17H2,1-3H3,(H,18,25)(H,19,24)(H,20,21)(H,22,23)(H,26,27). The number of nitrogens with one attached hydrogen (secondary N) is 3. The second kappa shape index (κ2) is 11.8. The molecule has 0 aromatic carbocycles. The molecule has 0 aliphatic heterocycles. The first-order chi connectivity index (χ1) is 12.5. The molecule has 0 radical (unpaired) electrons. The zero-order chi connectivity index (χ0) is 21.1. The predicted octanol–water partition coefficient (Wildman–Crippen LogP) is -1.59. The van der Waals surface area contributed by atoms with E-state index in [1.54, 1.807) is 6.92 Å². The molecular weight excluding hydrogens is 360 g/mol. The normalized spacial score (nSPS) is 15.0. The zero-order valence-corrected chi connectivity index (χ0v) is 15.7. The minimum Gasteiger partial charge on any atom is -0.481 e. The quantitative estimate of drug-likeness (QED) is 0.231. The fourth-order valence-electron chi connectivity index (χ4n) is 1.96. The average molecular weight is 388 g/mol. The van der Waals surface area contributed by atoms with Crippen molar-refractivity contribution in [2.45, 2.75) is 58.2 Å². The lowest BCUT2D eigenvalue weighted by Crippen LogP contribution is -2.53. The highest BCUT2D eigenvalue weighted by Crippen LogP contribution is 2.05. The van der Waals surface area contributed by atoms with Crippen LogP contribution in [0.1, 0.15) is 40.0 Å². The summed E-state index contributed by atoms with van der Waals surface area (Å²) in [4.78, 5) is 57.5. The molecule has 0 bridgehead atoms. The smallest absolute Gasteiger partial charge is 0.325 e. The van der Waals surface area contributed by atoms with Crippen molar-refractivity contribution in [1.29, 1.82) is 0 Å². The molecule has 11 heteroatoms. The summed E-state index contributed by atoms with van der Waals surface area (Å²) in [5.41, 5.74) is 5.74. The summed E-state index contributed by atoms with van der Waals surface area (Å²) in [6, 6.07) is -3.25. The zero-order valence-electron chi connectivity index (χ0n) is 15.7. The molecule has 0 fully saturated rings. The largest absolute Gasteiger partial charge is 0.481 e. The van der Waals surface area contributed by atoms with Crippen LogP contribution in [0, 0.1) is 5.92 Å². The van der Waals surface area contributed by atoms with Crippen molar-refractivity contribution in [3.8, 4) is 0 Å². The van der Waals surface area contributed by atoms with E-state index in [9.17, 15) is 24.0 Å². The molecule has 7 N–H and O–H groups in total. The molecule has 154 valence electrons. The van der Waals surface area contributed by atoms with Crippen LogP contribution in [-0.4, -0.2) is 64.5 Å². The second-order valence-electron chi connectivity index (χ2n) is 6.25. The molecule has 0 rings (SSSR count). The van der Waals surface area contributed by atoms with Crippen LogP contribution in [0.3, 0.4) is 0 Å². The van der Waals surface area contributed by atoms with Crippen molar-refractivity contribution in [1.82, 2.24) is 16.0 Å². The Hall–Kier alpha value is -2.69. The number of carboxylic acids is 2. The van der Waals surface area contributed by atoms with E-state index in [1.165, 1.54) is 6.92 Å². The Bertz CT molecular complexity index is 567. The number of hydrogen-bond acceptors (Lipinski definition) is 6. The molecule has 0 aliphatic carbocycles. The molecule has 11 nitrogen and oxygen atoms in total. The average Bonchev–Trinajstić information content (AvgIpc) is 2.61. The monoisotopic (exact) mass is 388 g/mol. The van der Waals surface area contributed by atoms with Crippen LogP contribution in [0.5, 0.6) is 0 Å². The highest BCUT2D eigenvalue weighted by atomic mass is 16.4. The maximum absolute atomic E-state index is 12.1. The number of carbonyl (C=O) groups is 5. The Morgan fingerprint density at radius 1 is 1.00 bits per heavy atom. The van der Waals surface area contributed by atoms with Gasteiger partial charge in [-0.1, -0.05) is 20.3 Å². The van der Waals surface area contributed by atoms with E-state index in [1.807, 2.05) is 6.92 Å². The van der Waals surface area contributed by atoms with Crippen LogP contribution in [0.15, 0.2) is 0 Å². The molecule has 0 saturated carbocycles. The van der Waals surface area contributed by atoms with Gasteiger partial charge in [0.05, 0.1) is 12.6 Å². The Labute approximate surface area is 157 Å². The lowest BCUT2D eigenvalue weighted by molar-refractivity contribution is -0.142. The molecule has 4 atom stereocenters. The van der Waals surface area contributed by atoms with Gasteiger partial charge in [0.25, 0.3) is 0 Å². The van der Waals surface area contributed by atoms with Gasteiger partial charge in [0.15, 0.2) is 0 Å². The third-order valence-corrected chi connectivity index (χ3v) is 4.01. The molecule has 27 heavy (non-hydrogen) atoms. The van der Waals surface area contributed by atoms with Crippen LogP contribution in [0.2, 0.25) is 0 Å². The number of aliphatic carboxylic acids is 2. The van der Waals surface area contributed by atoms with Crippen molar-refractivity contribution in [2.75, 3.05) is 6.54 Å². The van der Waals surface area contributed by atoms with Crippen molar-refractivity contribution < 1.29 is 34.2 Å². The Morgan fingerprint density at radius 3 is 2.07 bits per heavy atom. The van der Waals surface area contributed by atoms with Gasteiger partial charge in [-0.25, -0.2) is 0 Å². The van der Waals surface area contributed by atoms with Gasteiger partial charge in [-0.05, 0) is 19.3 Å². The van der Waals surface area contributed by atoms with E-state index in [2.05, 4.69) is 16.0 Å². The summed E-state index contributed by atoms with van der Waals surface area (Å²) in [6.45, 7) is 4.44. The van der Waals surface area contributed by atoms with E-state index in [0.29, 0.717) is 6.42 Å². The van der Waals surface area contributed by atoms with Crippen molar-refractivity contribution in [3.05, 3.63) is 0 Å². The number of carboxylic acid groups (broad SMARTS) is 2. The minimum atomic E-state index is -1.28. The van der Waals surface area contributed by atoms with Crippen LogP contribution >= 0.6 is 0 Å². The first kappa shape index (κ1) is 24.3. The fraction of sp³-hybridized carbons (Fsp3) is 0.688. The minimum absolute atomic E-state index is 0.0836. The van der Waals surface area contributed by atoms with Gasteiger partial charge in [0, 0.05) is 6.42 Å². The van der Waals surface area contributed by atoms with Gasteiger partial charge < -0.3 is 31.9 Å². The molecule has 0 saturated heterocycles. The summed E-state index contributed by atoms with van der Waals surface area (Å²) in [5, 5.41) is 24.4. The van der Waals surface area contributed by atoms with E-state index in [0.717, 1.165) is 0 Å². The van der Waals surface area contributed by atoms with Crippen LogP contribution in [0.4, 0.5) is 0 Å². The van der Waals surface area contributed by atoms with E-state index in [4.69, 9.17) is 15.9 Å². The maximum Gasteiger partial charge on any atom is 0.325 e. The number of rotatable bonds is 12. The highest BCUT2D eigenvalue weighted by Gasteiger charge is 2.25. The molecule has 0 aromatic heterocycles. The SMILES string of the molecule is CCC(C)C(N)C(=O)NCC(=O)NC(CCC(=O)O)C(=O)NC(C)C(=O)O. The molecular formula is C16H28N4O7. The number of hydrogen-bond donors (Lipinski definition) is 6. The summed E-state index contributed by atoms with van der Waals surface area (Å²) in [5.74, 6) is -4.63. The van der Waals surface area contributed by atoms with E-state index >= 15 is 0 Å². The molecule has 0 aliphatic rings. The van der Waals surface area contributed by atoms with Gasteiger partial charge in [-0.3, -0.25) is 24.0 Å². The molecule has 3 amide bonds. The lowest BCUT2D eigenvalue weighted by Gasteiger charge is -2.20. The topological polar surface area (TPSA) is 188 Å². The Balaban J connectivity index is 4.78. The van der Waals surface area contributed by atoms with Crippen LogP contribution in [0.25, 0.3) is 0 Å². The summed E-state index contributed by atoms with van der Waals surface area (Å²) in [7, 11) is 0. The summed E-state index contributed by atoms with van der Waals surface area (Å²) >= 11 is 0. The number of nitrogens with two attached hydrogens (primary N) is 1. The van der Waals surface area contributed by atoms with E-state index in [-0.39, 0.29) is 12.3 Å². The van der Waals surface area contributed by atoms with Crippen molar-refractivity contribution in [3.63, 3.8) is 0 Å². The lowest BCUT2D eigenvalue weighted by atomic mass is 9.99. The molecule has 0 heterocycles. The van der Waals surface area contributed by atoms with Crippen molar-refractivity contribution in [2.24, 2.45) is 11.7 Å². The molecule has 0 spiro atoms. The second-order valence-corrected chi connectivity index (χ2v) is 6.25. The fourth-order valence-corrected chi connectivity index (χ4v) is 1.96. The number of carbonyl (C=O) groups excluding carboxylic acids is 3. The van der Waals surface area contributed by atoms with E-state index < -0.39 is 60.8 Å². The van der Waals surface area contributed by atoms with Crippen LogP contribution in [-0.2, 0) is 24.0 Å². The third kappa shape index (κ3) is 9.54. The molecule has 0 aromatic rings. The van der Waals surface area contributed by atoms with Crippen LogP contribution < -0.4 is 21.7 Å². The Morgan fingerprint density at radius 2 is 1.59 bits per heavy atom. The third-order valence-electron chi connectivity index (χ3n) is 4.01. The summed E-state index contributed by atoms with van der Waals surface area (Å²) < 4.78 is 0. The first-order valence-electron chi connectivity index (χ1n) is 8.57. The highest BCUT2D eigenvalue weighted by molar-refractivity contribution is 5.92. The van der Waals surface area contributed by atoms with Gasteiger partial charge in [0.1, 0.15) is 12.1 Å². The van der Waals surface area contributed by atoms with Gasteiger partial charge in [0.2, 0.25) is 17.7 Å². The van der Waals surface area contributed by atoms with Crippen molar-refractivity contribution >= 4 is 29.7 Å². The summed E-state index contributed by atoms with van der Waals surface area (Å²) in [6.07, 6.45) is 0.0324. The number of amides is 3. The first-order valence-corrected chi connectivity index (χ1v) is 8.57. The maximum atomic E-state index is 12.1. The van der Waals surface area contributed by atoms with Gasteiger partial charge in [-0.2, -0.15) is 0 Å². The predicted molar refractivity (Wildman–Crippen MR) is 94.5 cm³/mol. The molecule has 4 unspecified atom stereocenters.